The summed E-state index contributed by atoms with van der Waals surface area (Å²) in [5, 5.41) is 14.2. The van der Waals surface area contributed by atoms with E-state index < -0.39 is 10.8 Å². The van der Waals surface area contributed by atoms with Crippen molar-refractivity contribution in [2.75, 3.05) is 0 Å². The van der Waals surface area contributed by atoms with Crippen LogP contribution in [0.15, 0.2) is 52.2 Å². The quantitative estimate of drug-likeness (QED) is 0.515. The van der Waals surface area contributed by atoms with Crippen molar-refractivity contribution in [3.05, 3.63) is 64.1 Å². The standard InChI is InChI=1S/C12H9N3O4/c16-12(11-2-1-7-19-11)14-13-8-9-3-5-10(6-4-9)15(17)18/h1-8H,(H,14,16)/b13-8-. The number of nitrogens with one attached hydrogen (secondary N) is 1. The van der Waals surface area contributed by atoms with Crippen molar-refractivity contribution in [2.45, 2.75) is 0 Å². The minimum absolute atomic E-state index is 0.00299. The van der Waals surface area contributed by atoms with Gasteiger partial charge in [0.05, 0.1) is 17.4 Å². The maximum absolute atomic E-state index is 11.4. The van der Waals surface area contributed by atoms with Gasteiger partial charge in [-0.25, -0.2) is 5.43 Å². The van der Waals surface area contributed by atoms with Gasteiger partial charge in [-0.3, -0.25) is 14.9 Å². The monoisotopic (exact) mass is 259 g/mol. The minimum atomic E-state index is -0.487. The first kappa shape index (κ1) is 12.5. The predicted octanol–water partition coefficient (Wildman–Crippen LogP) is 1.95. The second-order valence-electron chi connectivity index (χ2n) is 3.53. The zero-order chi connectivity index (χ0) is 13.7. The molecule has 1 aromatic heterocycles. The molecule has 1 aromatic carbocycles. The number of nitro groups is 1. The molecule has 0 aliphatic heterocycles. The zero-order valence-corrected chi connectivity index (χ0v) is 9.65. The lowest BCUT2D eigenvalue weighted by Crippen LogP contribution is -2.16. The van der Waals surface area contributed by atoms with Crippen molar-refractivity contribution < 1.29 is 14.1 Å². The molecule has 1 amide bonds. The molecule has 19 heavy (non-hydrogen) atoms. The van der Waals surface area contributed by atoms with Gasteiger partial charge in [0.2, 0.25) is 0 Å². The highest BCUT2D eigenvalue weighted by molar-refractivity contribution is 5.92. The summed E-state index contributed by atoms with van der Waals surface area (Å²) in [5.74, 6) is -0.316. The molecule has 1 N–H and O–H groups in total. The van der Waals surface area contributed by atoms with Gasteiger partial charge in [-0.2, -0.15) is 5.10 Å². The summed E-state index contributed by atoms with van der Waals surface area (Å²) in [6.45, 7) is 0. The fourth-order valence-electron chi connectivity index (χ4n) is 1.31. The lowest BCUT2D eigenvalue weighted by atomic mass is 10.2. The molecule has 96 valence electrons. The molecule has 0 aliphatic rings. The van der Waals surface area contributed by atoms with Crippen LogP contribution in [-0.2, 0) is 0 Å². The Morgan fingerprint density at radius 2 is 2.05 bits per heavy atom. The minimum Gasteiger partial charge on any atom is -0.459 e. The van der Waals surface area contributed by atoms with Gasteiger partial charge in [0.1, 0.15) is 0 Å². The first-order valence-electron chi connectivity index (χ1n) is 5.28. The van der Waals surface area contributed by atoms with E-state index in [9.17, 15) is 14.9 Å². The number of nitro benzene ring substituents is 1. The fourth-order valence-corrected chi connectivity index (χ4v) is 1.31. The summed E-state index contributed by atoms with van der Waals surface area (Å²) < 4.78 is 4.88. The number of hydrogen-bond donors (Lipinski definition) is 1. The highest BCUT2D eigenvalue weighted by Gasteiger charge is 2.06. The number of carbonyl (C=O) groups excluding carboxylic acids is 1. The van der Waals surface area contributed by atoms with Crippen molar-refractivity contribution >= 4 is 17.8 Å². The van der Waals surface area contributed by atoms with E-state index >= 15 is 0 Å². The summed E-state index contributed by atoms with van der Waals surface area (Å²) in [4.78, 5) is 21.4. The maximum Gasteiger partial charge on any atom is 0.307 e. The Labute approximate surface area is 107 Å². The number of hydrogen-bond acceptors (Lipinski definition) is 5. The third-order valence-corrected chi connectivity index (χ3v) is 2.23. The Kier molecular flexibility index (Phi) is 3.67. The van der Waals surface area contributed by atoms with Crippen LogP contribution in [0.2, 0.25) is 0 Å². The molecule has 0 atom stereocenters. The first-order valence-corrected chi connectivity index (χ1v) is 5.28. The van der Waals surface area contributed by atoms with Crippen molar-refractivity contribution in [1.29, 1.82) is 0 Å². The number of hydrazone groups is 1. The van der Waals surface area contributed by atoms with E-state index in [0.29, 0.717) is 5.56 Å². The summed E-state index contributed by atoms with van der Waals surface area (Å²) in [5.41, 5.74) is 2.90. The second kappa shape index (κ2) is 5.58. The molecule has 0 spiro atoms. The smallest absolute Gasteiger partial charge is 0.307 e. The van der Waals surface area contributed by atoms with Crippen molar-refractivity contribution in [2.24, 2.45) is 5.10 Å². The van der Waals surface area contributed by atoms with E-state index in [1.54, 1.807) is 6.07 Å². The molecule has 0 saturated carbocycles. The fraction of sp³-hybridized carbons (Fsp3) is 0. The molecule has 0 unspecified atom stereocenters. The van der Waals surface area contributed by atoms with Crippen LogP contribution in [0.3, 0.4) is 0 Å². The van der Waals surface area contributed by atoms with E-state index in [4.69, 9.17) is 4.42 Å². The largest absolute Gasteiger partial charge is 0.459 e. The lowest BCUT2D eigenvalue weighted by molar-refractivity contribution is -0.384. The predicted molar refractivity (Wildman–Crippen MR) is 66.9 cm³/mol. The van der Waals surface area contributed by atoms with Gasteiger partial charge in [0.15, 0.2) is 5.76 Å². The van der Waals surface area contributed by atoms with Gasteiger partial charge < -0.3 is 4.42 Å². The van der Waals surface area contributed by atoms with Gasteiger partial charge in [-0.15, -0.1) is 0 Å². The van der Waals surface area contributed by atoms with Gasteiger partial charge in [-0.05, 0) is 29.8 Å². The molecular weight excluding hydrogens is 250 g/mol. The molecular formula is C12H9N3O4. The molecule has 0 radical (unpaired) electrons. The average molecular weight is 259 g/mol. The van der Waals surface area contributed by atoms with Crippen LogP contribution in [0.1, 0.15) is 16.1 Å². The van der Waals surface area contributed by atoms with Crippen LogP contribution < -0.4 is 5.43 Å². The number of rotatable bonds is 4. The number of amides is 1. The van der Waals surface area contributed by atoms with Crippen LogP contribution in [0.4, 0.5) is 5.69 Å². The number of furan rings is 1. The van der Waals surface area contributed by atoms with E-state index in [-0.39, 0.29) is 11.4 Å². The number of benzene rings is 1. The molecule has 0 bridgehead atoms. The Hall–Kier alpha value is -2.96. The molecule has 7 nitrogen and oxygen atoms in total. The highest BCUT2D eigenvalue weighted by Crippen LogP contribution is 2.10. The van der Waals surface area contributed by atoms with Gasteiger partial charge in [0, 0.05) is 12.1 Å². The molecule has 1 heterocycles. The molecule has 7 heteroatoms. The number of non-ortho nitro benzene ring substituents is 1. The zero-order valence-electron chi connectivity index (χ0n) is 9.65. The van der Waals surface area contributed by atoms with Crippen molar-refractivity contribution in [1.82, 2.24) is 5.43 Å². The van der Waals surface area contributed by atoms with Gasteiger partial charge >= 0.3 is 5.91 Å². The van der Waals surface area contributed by atoms with Crippen molar-refractivity contribution in [3.8, 4) is 0 Å². The van der Waals surface area contributed by atoms with Gasteiger partial charge in [0.25, 0.3) is 5.69 Å². The highest BCUT2D eigenvalue weighted by atomic mass is 16.6. The molecule has 0 aliphatic carbocycles. The summed E-state index contributed by atoms with van der Waals surface area (Å²) in [6.07, 6.45) is 2.76. The lowest BCUT2D eigenvalue weighted by Gasteiger charge is -1.95. The third-order valence-electron chi connectivity index (χ3n) is 2.23. The maximum atomic E-state index is 11.4. The van der Waals surface area contributed by atoms with E-state index in [1.807, 2.05) is 0 Å². The molecule has 2 rings (SSSR count). The summed E-state index contributed by atoms with van der Waals surface area (Å²) >= 11 is 0. The molecule has 0 fully saturated rings. The van der Waals surface area contributed by atoms with Crippen LogP contribution in [0.25, 0.3) is 0 Å². The number of nitrogens with zero attached hydrogens (tertiary/aromatic N) is 2. The topological polar surface area (TPSA) is 97.7 Å². The summed E-state index contributed by atoms with van der Waals surface area (Å²) in [7, 11) is 0. The Morgan fingerprint density at radius 1 is 1.32 bits per heavy atom. The summed E-state index contributed by atoms with van der Waals surface area (Å²) in [6, 6.07) is 8.87. The van der Waals surface area contributed by atoms with Crippen LogP contribution >= 0.6 is 0 Å². The SMILES string of the molecule is O=C(N/N=C\c1ccc([N+](=O)[O-])cc1)c1ccco1. The Morgan fingerprint density at radius 3 is 2.63 bits per heavy atom. The van der Waals surface area contributed by atoms with E-state index in [0.717, 1.165) is 0 Å². The number of carbonyl (C=O) groups is 1. The normalized spacial score (nSPS) is 10.5. The van der Waals surface area contributed by atoms with Crippen LogP contribution in [-0.4, -0.2) is 17.0 Å². The molecule has 2 aromatic rings. The molecule has 0 saturated heterocycles. The van der Waals surface area contributed by atoms with Crippen molar-refractivity contribution in [3.63, 3.8) is 0 Å². The average Bonchev–Trinajstić information content (AvgIpc) is 2.93. The Bertz CT molecular complexity index is 602. The Balaban J connectivity index is 1.95. The van der Waals surface area contributed by atoms with Crippen LogP contribution in [0.5, 0.6) is 0 Å². The first-order chi connectivity index (χ1) is 9.16. The third kappa shape index (κ3) is 3.25. The van der Waals surface area contributed by atoms with Crippen LogP contribution in [0, 0.1) is 10.1 Å². The van der Waals surface area contributed by atoms with E-state index in [2.05, 4.69) is 10.5 Å². The van der Waals surface area contributed by atoms with Gasteiger partial charge in [-0.1, -0.05) is 0 Å². The van der Waals surface area contributed by atoms with E-state index in [1.165, 1.54) is 42.8 Å². The second-order valence-corrected chi connectivity index (χ2v) is 3.53.